The minimum absolute atomic E-state index is 0.270. The number of carboxylic acids is 1. The molecular formula is C17H18N2O2. The molecule has 0 spiro atoms. The number of aromatic nitrogens is 1. The molecule has 4 rings (SSSR count). The van der Waals surface area contributed by atoms with Crippen LogP contribution in [0.4, 0.5) is 0 Å². The maximum Gasteiger partial charge on any atom is 0.314 e. The maximum atomic E-state index is 11.7. The van der Waals surface area contributed by atoms with E-state index < -0.39 is 11.4 Å². The van der Waals surface area contributed by atoms with Crippen molar-refractivity contribution in [3.8, 4) is 0 Å². The Labute approximate surface area is 123 Å². The third kappa shape index (κ3) is 1.62. The van der Waals surface area contributed by atoms with Crippen molar-refractivity contribution in [1.82, 2.24) is 9.88 Å². The molecule has 4 heteroatoms. The average Bonchev–Trinajstić information content (AvgIpc) is 2.85. The van der Waals surface area contributed by atoms with E-state index in [1.807, 2.05) is 26.1 Å². The van der Waals surface area contributed by atoms with Gasteiger partial charge < -0.3 is 10.1 Å². The van der Waals surface area contributed by atoms with Crippen LogP contribution in [0.25, 0.3) is 16.5 Å². The van der Waals surface area contributed by atoms with E-state index >= 15 is 0 Å². The van der Waals surface area contributed by atoms with Crippen LogP contribution in [0, 0.1) is 5.41 Å². The van der Waals surface area contributed by atoms with E-state index in [1.165, 1.54) is 16.5 Å². The SMILES string of the molecule is CN1C[C@](C)(C(=O)O)C=C2c3cccc4[nH]cc(c34)C[C@H]21. The first-order chi connectivity index (χ1) is 9.99. The molecule has 0 fully saturated rings. The number of rotatable bonds is 1. The number of carbonyl (C=O) groups is 1. The lowest BCUT2D eigenvalue weighted by molar-refractivity contribution is -0.146. The van der Waals surface area contributed by atoms with Crippen molar-refractivity contribution in [2.24, 2.45) is 5.41 Å². The Hall–Kier alpha value is -2.07. The maximum absolute atomic E-state index is 11.7. The van der Waals surface area contributed by atoms with E-state index in [9.17, 15) is 9.90 Å². The Morgan fingerprint density at radius 1 is 1.48 bits per heavy atom. The Kier molecular flexibility index (Phi) is 2.40. The number of benzene rings is 1. The van der Waals surface area contributed by atoms with Gasteiger partial charge in [0, 0.05) is 29.7 Å². The third-order valence-corrected chi connectivity index (χ3v) is 4.94. The molecule has 21 heavy (non-hydrogen) atoms. The van der Waals surface area contributed by atoms with Crippen LogP contribution in [0.2, 0.25) is 0 Å². The molecule has 1 aromatic carbocycles. The van der Waals surface area contributed by atoms with Gasteiger partial charge in [-0.1, -0.05) is 18.2 Å². The van der Waals surface area contributed by atoms with Crippen molar-refractivity contribution in [3.05, 3.63) is 41.6 Å². The summed E-state index contributed by atoms with van der Waals surface area (Å²) in [7, 11) is 2.02. The van der Waals surface area contributed by atoms with Crippen LogP contribution >= 0.6 is 0 Å². The van der Waals surface area contributed by atoms with Gasteiger partial charge in [0.15, 0.2) is 0 Å². The molecule has 2 N–H and O–H groups in total. The molecule has 1 aromatic heterocycles. The van der Waals surface area contributed by atoms with Gasteiger partial charge in [-0.15, -0.1) is 0 Å². The highest BCUT2D eigenvalue weighted by Gasteiger charge is 2.42. The topological polar surface area (TPSA) is 56.3 Å². The summed E-state index contributed by atoms with van der Waals surface area (Å²) in [4.78, 5) is 17.2. The zero-order valence-corrected chi connectivity index (χ0v) is 12.2. The molecule has 0 unspecified atom stereocenters. The van der Waals surface area contributed by atoms with Gasteiger partial charge >= 0.3 is 5.97 Å². The largest absolute Gasteiger partial charge is 0.481 e. The van der Waals surface area contributed by atoms with Crippen molar-refractivity contribution in [3.63, 3.8) is 0 Å². The summed E-state index contributed by atoms with van der Waals surface area (Å²) in [5, 5.41) is 10.8. The number of H-pyrrole nitrogens is 1. The molecule has 2 atom stereocenters. The van der Waals surface area contributed by atoms with E-state index in [-0.39, 0.29) is 6.04 Å². The fourth-order valence-electron chi connectivity index (χ4n) is 3.87. The fraction of sp³-hybridized carbons (Fsp3) is 0.353. The summed E-state index contributed by atoms with van der Waals surface area (Å²) in [6.07, 6.45) is 5.00. The van der Waals surface area contributed by atoms with Gasteiger partial charge in [0.2, 0.25) is 0 Å². The van der Waals surface area contributed by atoms with Crippen LogP contribution in [0.3, 0.4) is 0 Å². The molecule has 2 aliphatic rings. The Balaban J connectivity index is 2.00. The number of aliphatic carboxylic acids is 1. The molecule has 4 nitrogen and oxygen atoms in total. The summed E-state index contributed by atoms with van der Waals surface area (Å²) in [5.41, 5.74) is 3.97. The van der Waals surface area contributed by atoms with Gasteiger partial charge in [0.05, 0.1) is 5.41 Å². The zero-order valence-electron chi connectivity index (χ0n) is 12.2. The Bertz CT molecular complexity index is 789. The van der Waals surface area contributed by atoms with Crippen LogP contribution in [0.5, 0.6) is 0 Å². The van der Waals surface area contributed by atoms with Crippen LogP contribution in [-0.2, 0) is 11.2 Å². The molecule has 2 aromatic rings. The number of fused-ring (bicyclic) bond motifs is 2. The number of aromatic amines is 1. The first kappa shape index (κ1) is 12.7. The summed E-state index contributed by atoms with van der Waals surface area (Å²) in [6.45, 7) is 2.36. The second kappa shape index (κ2) is 3.98. The van der Waals surface area contributed by atoms with Crippen LogP contribution in [0.1, 0.15) is 18.1 Å². The third-order valence-electron chi connectivity index (χ3n) is 4.94. The normalized spacial score (nSPS) is 28.3. The van der Waals surface area contributed by atoms with Gasteiger partial charge in [-0.2, -0.15) is 0 Å². The standard InChI is InChI=1S/C17H18N2O2/c1-17(16(20)21)7-12-11-4-3-5-13-15(11)10(8-18-13)6-14(12)19(2)9-17/h3-5,7-8,14,18H,6,9H2,1-2H3,(H,20,21)/t14-,17-/m1/s1. The lowest BCUT2D eigenvalue weighted by Gasteiger charge is -2.42. The molecule has 1 aliphatic carbocycles. The number of hydrogen-bond acceptors (Lipinski definition) is 2. The van der Waals surface area contributed by atoms with E-state index in [1.54, 1.807) is 0 Å². The molecule has 108 valence electrons. The monoisotopic (exact) mass is 282 g/mol. The van der Waals surface area contributed by atoms with E-state index in [2.05, 4.69) is 28.2 Å². The molecule has 1 aliphatic heterocycles. The number of likely N-dealkylation sites (N-methyl/N-ethyl adjacent to an activating group) is 1. The van der Waals surface area contributed by atoms with E-state index in [4.69, 9.17) is 0 Å². The minimum atomic E-state index is -0.823. The fourth-order valence-corrected chi connectivity index (χ4v) is 3.87. The molecule has 0 radical (unpaired) electrons. The number of hydrogen-bond donors (Lipinski definition) is 2. The highest BCUT2D eigenvalue weighted by Crippen LogP contribution is 2.43. The van der Waals surface area contributed by atoms with E-state index in [0.29, 0.717) is 6.54 Å². The zero-order chi connectivity index (χ0) is 14.8. The lowest BCUT2D eigenvalue weighted by Crippen LogP contribution is -2.49. The van der Waals surface area contributed by atoms with Gasteiger partial charge in [-0.25, -0.2) is 0 Å². The number of nitrogens with zero attached hydrogens (tertiary/aromatic N) is 1. The Morgan fingerprint density at radius 2 is 2.29 bits per heavy atom. The van der Waals surface area contributed by atoms with Crippen molar-refractivity contribution in [2.45, 2.75) is 19.4 Å². The molecule has 0 amide bonds. The van der Waals surface area contributed by atoms with Gasteiger partial charge in [0.25, 0.3) is 0 Å². The van der Waals surface area contributed by atoms with Crippen molar-refractivity contribution in [1.29, 1.82) is 0 Å². The first-order valence-electron chi connectivity index (χ1n) is 7.25. The van der Waals surface area contributed by atoms with Crippen molar-refractivity contribution >= 4 is 22.4 Å². The highest BCUT2D eigenvalue weighted by atomic mass is 16.4. The summed E-state index contributed by atoms with van der Waals surface area (Å²) in [6, 6.07) is 6.49. The lowest BCUT2D eigenvalue weighted by atomic mass is 9.75. The quantitative estimate of drug-likeness (QED) is 0.845. The molecule has 0 saturated heterocycles. The predicted molar refractivity (Wildman–Crippen MR) is 82.1 cm³/mol. The minimum Gasteiger partial charge on any atom is -0.481 e. The van der Waals surface area contributed by atoms with Crippen LogP contribution in [-0.4, -0.2) is 40.6 Å². The number of nitrogens with one attached hydrogen (secondary N) is 1. The van der Waals surface area contributed by atoms with Crippen molar-refractivity contribution in [2.75, 3.05) is 13.6 Å². The summed E-state index contributed by atoms with van der Waals surface area (Å²) >= 11 is 0. The Morgan fingerprint density at radius 3 is 3.05 bits per heavy atom. The van der Waals surface area contributed by atoms with Gasteiger partial charge in [0.1, 0.15) is 0 Å². The summed E-state index contributed by atoms with van der Waals surface area (Å²) in [5.74, 6) is -0.757. The first-order valence-corrected chi connectivity index (χ1v) is 7.25. The highest BCUT2D eigenvalue weighted by molar-refractivity contribution is 5.99. The van der Waals surface area contributed by atoms with Gasteiger partial charge in [-0.3, -0.25) is 9.69 Å². The van der Waals surface area contributed by atoms with E-state index in [0.717, 1.165) is 17.5 Å². The smallest absolute Gasteiger partial charge is 0.314 e. The van der Waals surface area contributed by atoms with Crippen LogP contribution in [0.15, 0.2) is 30.5 Å². The average molecular weight is 282 g/mol. The summed E-state index contributed by atoms with van der Waals surface area (Å²) < 4.78 is 0. The van der Waals surface area contributed by atoms with Crippen molar-refractivity contribution < 1.29 is 9.90 Å². The second-order valence-corrected chi connectivity index (χ2v) is 6.50. The second-order valence-electron chi connectivity index (χ2n) is 6.50. The molecular weight excluding hydrogens is 264 g/mol. The number of carboxylic acid groups (broad SMARTS) is 1. The molecule has 0 saturated carbocycles. The molecule has 2 heterocycles. The van der Waals surface area contributed by atoms with Gasteiger partial charge in [-0.05, 0) is 43.2 Å². The molecule has 0 bridgehead atoms. The predicted octanol–water partition coefficient (Wildman–Crippen LogP) is 2.51. The van der Waals surface area contributed by atoms with Crippen LogP contribution < -0.4 is 0 Å².